The number of amides is 3. The van der Waals surface area contributed by atoms with Gasteiger partial charge in [-0.25, -0.2) is 9.97 Å². The lowest BCUT2D eigenvalue weighted by atomic mass is 9.98. The first-order chi connectivity index (χ1) is 47.6. The van der Waals surface area contributed by atoms with E-state index in [1.807, 2.05) is 0 Å². The molecule has 4 aliphatic heterocycles. The molecule has 0 unspecified atom stereocenters. The largest absolute Gasteiger partial charge is 0.434 e. The molecule has 38 heteroatoms. The van der Waals surface area contributed by atoms with Gasteiger partial charge in [0.2, 0.25) is 17.7 Å². The van der Waals surface area contributed by atoms with Gasteiger partial charge in [0.1, 0.15) is 54.9 Å². The van der Waals surface area contributed by atoms with Crippen molar-refractivity contribution in [3.63, 3.8) is 0 Å². The SMILES string of the molecule is CC1(C)O[C@@H]2[C@H](O1)[C@@H](Nc1cncc(C(F)(F)F)n1)CO[C@@H]2COCCOCCOCCOCCNC(=O)CCOCC(COCCC(=O)NCCOCCOCCOCCOC[C@H]1OC[C@H](Nc2cncc(C(F)(F)F)n2)[C@H]2OC(C)(C)O[C@H]21)NC(=O)COCCOCCOCCCl. The van der Waals surface area contributed by atoms with Gasteiger partial charge < -0.3 is 117 Å². The highest BCUT2D eigenvalue weighted by Gasteiger charge is 2.54. The Morgan fingerprint density at radius 1 is 0.475 bits per heavy atom. The lowest BCUT2D eigenvalue weighted by Crippen LogP contribution is -2.55. The number of carbonyl (C=O) groups excluding carboxylic acids is 3. The number of ether oxygens (including phenoxy) is 19. The summed E-state index contributed by atoms with van der Waals surface area (Å²) in [6.45, 7) is 13.4. The normalized spacial score (nSPS) is 22.2. The van der Waals surface area contributed by atoms with Crippen LogP contribution in [0.1, 0.15) is 51.9 Å². The van der Waals surface area contributed by atoms with Gasteiger partial charge in [-0.2, -0.15) is 26.3 Å². The Kier molecular flexibility index (Phi) is 38.2. The molecule has 2 aromatic rings. The van der Waals surface area contributed by atoms with Gasteiger partial charge in [0.15, 0.2) is 23.0 Å². The quantitative estimate of drug-likeness (QED) is 0.0360. The van der Waals surface area contributed by atoms with Crippen molar-refractivity contribution in [2.45, 2.75) is 119 Å². The average molecular weight is 1460 g/mol. The van der Waals surface area contributed by atoms with Crippen LogP contribution in [0.4, 0.5) is 38.0 Å². The molecular weight excluding hydrogens is 1360 g/mol. The standard InChI is InChI=1S/C61H96ClF6N9O22/c1-58(2)96-54-43(74-49-33-69-31-47(76-49)60(63,64)65)37-94-45(56(54)98-58)39-91-28-25-87-23-21-84-19-16-82-13-8-71-51(78)5-10-89-35-42(73-53(80)41-93-30-27-86-18-15-81-12-7-62)36-90-11-6-52(79)72-9-14-83-17-20-85-22-24-88-26-29-92-40-46-57-55(97-59(3,4)99-57)44(38-95-46)75-50-34-70-32-48(77-50)61(66,67)68/h31-34,42-46,54-57H,5-30,35-41H2,1-4H3,(H,71,78)(H,72,79)(H,73,80)(H,74,76)(H,75,77)/t43-,44-,45+,46+,54+,55+,56-,57-/m0/s1. The summed E-state index contributed by atoms with van der Waals surface area (Å²) in [5.74, 6) is -2.65. The minimum absolute atomic E-state index is 0.00478. The summed E-state index contributed by atoms with van der Waals surface area (Å²) in [7, 11) is 0. The van der Waals surface area contributed by atoms with E-state index < -0.39 is 96.0 Å². The molecule has 566 valence electrons. The van der Waals surface area contributed by atoms with Crippen molar-refractivity contribution in [1.82, 2.24) is 35.9 Å². The topological polar surface area (TPSA) is 338 Å². The van der Waals surface area contributed by atoms with Crippen molar-refractivity contribution in [2.75, 3.05) is 215 Å². The zero-order chi connectivity index (χ0) is 71.2. The van der Waals surface area contributed by atoms with Crippen LogP contribution in [0.2, 0.25) is 0 Å². The van der Waals surface area contributed by atoms with Gasteiger partial charge in [-0.15, -0.1) is 11.6 Å². The fourth-order valence-corrected chi connectivity index (χ4v) is 10.1. The summed E-state index contributed by atoms with van der Waals surface area (Å²) >= 11 is 5.59. The number of alkyl halides is 7. The molecule has 31 nitrogen and oxygen atoms in total. The maximum atomic E-state index is 13.2. The zero-order valence-corrected chi connectivity index (χ0v) is 57.0. The van der Waals surface area contributed by atoms with Gasteiger partial charge in [-0.1, -0.05) is 0 Å². The van der Waals surface area contributed by atoms with Gasteiger partial charge in [0.05, 0.1) is 221 Å². The number of hydrogen-bond donors (Lipinski definition) is 5. The number of rotatable bonds is 53. The first-order valence-electron chi connectivity index (χ1n) is 32.7. The third-order valence-electron chi connectivity index (χ3n) is 14.4. The Hall–Kier alpha value is -4.72. The lowest BCUT2D eigenvalue weighted by Gasteiger charge is -2.37. The van der Waals surface area contributed by atoms with Crippen molar-refractivity contribution in [2.24, 2.45) is 0 Å². The van der Waals surface area contributed by atoms with E-state index in [2.05, 4.69) is 46.5 Å². The van der Waals surface area contributed by atoms with Crippen LogP contribution in [0, 0.1) is 0 Å². The van der Waals surface area contributed by atoms with E-state index in [4.69, 9.17) is 102 Å². The molecule has 0 aliphatic carbocycles. The predicted molar refractivity (Wildman–Crippen MR) is 335 cm³/mol. The van der Waals surface area contributed by atoms with Crippen LogP contribution in [0.15, 0.2) is 24.8 Å². The van der Waals surface area contributed by atoms with Crippen LogP contribution in [0.5, 0.6) is 0 Å². The molecule has 4 saturated heterocycles. The van der Waals surface area contributed by atoms with E-state index >= 15 is 0 Å². The third-order valence-corrected chi connectivity index (χ3v) is 14.6. The highest BCUT2D eigenvalue weighted by atomic mass is 35.5. The Balaban J connectivity index is 0.726. The van der Waals surface area contributed by atoms with Crippen LogP contribution < -0.4 is 26.6 Å². The molecule has 6 rings (SSSR count). The van der Waals surface area contributed by atoms with E-state index in [-0.39, 0.29) is 175 Å². The van der Waals surface area contributed by atoms with Gasteiger partial charge >= 0.3 is 12.4 Å². The van der Waals surface area contributed by atoms with Gasteiger partial charge in [0, 0.05) is 31.8 Å². The molecule has 6 heterocycles. The van der Waals surface area contributed by atoms with Crippen molar-refractivity contribution >= 4 is 41.0 Å². The molecule has 0 spiro atoms. The second-order valence-corrected chi connectivity index (χ2v) is 23.7. The maximum Gasteiger partial charge on any atom is 0.434 e. The predicted octanol–water partition coefficient (Wildman–Crippen LogP) is 2.36. The van der Waals surface area contributed by atoms with Crippen LogP contribution >= 0.6 is 11.6 Å². The van der Waals surface area contributed by atoms with Crippen molar-refractivity contribution in [3.05, 3.63) is 36.2 Å². The molecule has 0 bridgehead atoms. The van der Waals surface area contributed by atoms with E-state index in [1.54, 1.807) is 27.7 Å². The van der Waals surface area contributed by atoms with Crippen LogP contribution in [0.25, 0.3) is 0 Å². The van der Waals surface area contributed by atoms with E-state index in [0.717, 1.165) is 0 Å². The first-order valence-corrected chi connectivity index (χ1v) is 33.3. The number of carbonyl (C=O) groups is 3. The molecule has 5 N–H and O–H groups in total. The molecule has 4 aliphatic rings. The Bertz CT molecular complexity index is 2440. The number of hydrogen-bond acceptors (Lipinski definition) is 28. The minimum Gasteiger partial charge on any atom is -0.379 e. The summed E-state index contributed by atoms with van der Waals surface area (Å²) in [6, 6.07) is -1.75. The summed E-state index contributed by atoms with van der Waals surface area (Å²) in [6.07, 6.45) is -8.77. The van der Waals surface area contributed by atoms with E-state index in [0.29, 0.717) is 77.7 Å². The first kappa shape index (κ1) is 83.2. The van der Waals surface area contributed by atoms with Gasteiger partial charge in [0.25, 0.3) is 0 Å². The molecule has 0 radical (unpaired) electrons. The van der Waals surface area contributed by atoms with Crippen molar-refractivity contribution < 1.29 is 131 Å². The van der Waals surface area contributed by atoms with E-state index in [1.165, 1.54) is 12.4 Å². The smallest absolute Gasteiger partial charge is 0.379 e. The zero-order valence-electron chi connectivity index (χ0n) is 56.3. The van der Waals surface area contributed by atoms with Crippen LogP contribution in [0.3, 0.4) is 0 Å². The number of fused-ring (bicyclic) bond motifs is 2. The molecule has 99 heavy (non-hydrogen) atoms. The summed E-state index contributed by atoms with van der Waals surface area (Å²) in [4.78, 5) is 52.4. The summed E-state index contributed by atoms with van der Waals surface area (Å²) < 4.78 is 188. The van der Waals surface area contributed by atoms with Crippen LogP contribution in [-0.4, -0.2) is 308 Å². The maximum absolute atomic E-state index is 13.2. The fourth-order valence-electron chi connectivity index (χ4n) is 9.98. The highest BCUT2D eigenvalue weighted by Crippen LogP contribution is 2.39. The average Bonchev–Trinajstić information content (AvgIpc) is 1.65. The minimum atomic E-state index is -4.65. The number of anilines is 2. The molecular formula is C61H96ClF6N9O22. The number of nitrogens with one attached hydrogen (secondary N) is 5. The molecule has 3 amide bonds. The van der Waals surface area contributed by atoms with E-state index in [9.17, 15) is 40.7 Å². The number of nitrogens with zero attached hydrogens (tertiary/aromatic N) is 4. The molecule has 0 saturated carbocycles. The lowest BCUT2D eigenvalue weighted by molar-refractivity contribution is -0.161. The molecule has 0 aromatic carbocycles. The van der Waals surface area contributed by atoms with Crippen molar-refractivity contribution in [1.29, 1.82) is 0 Å². The molecule has 2 aromatic heterocycles. The molecule has 4 fully saturated rings. The third kappa shape index (κ3) is 33.5. The monoisotopic (exact) mass is 1460 g/mol. The number of aromatic nitrogens is 4. The second kappa shape index (κ2) is 45.4. The highest BCUT2D eigenvalue weighted by molar-refractivity contribution is 6.17. The van der Waals surface area contributed by atoms with Gasteiger partial charge in [-0.05, 0) is 27.7 Å². The van der Waals surface area contributed by atoms with Gasteiger partial charge in [-0.3, -0.25) is 24.4 Å². The summed E-state index contributed by atoms with van der Waals surface area (Å²) in [5, 5.41) is 14.2. The second-order valence-electron chi connectivity index (χ2n) is 23.4. The Labute approximate surface area is 575 Å². The van der Waals surface area contributed by atoms with Crippen molar-refractivity contribution in [3.8, 4) is 0 Å². The van der Waals surface area contributed by atoms with Crippen LogP contribution in [-0.2, 0) is 117 Å². The number of halogens is 7. The molecule has 8 atom stereocenters. The Morgan fingerprint density at radius 3 is 1.21 bits per heavy atom. The Morgan fingerprint density at radius 2 is 0.828 bits per heavy atom. The fraction of sp³-hybridized carbons (Fsp3) is 0.820. The summed E-state index contributed by atoms with van der Waals surface area (Å²) in [5.41, 5.74) is -2.24.